The van der Waals surface area contributed by atoms with Gasteiger partial charge < -0.3 is 4.74 Å². The second-order valence-corrected chi connectivity index (χ2v) is 3.33. The molecule has 0 saturated heterocycles. The molecule has 88 valence electrons. The Hall–Kier alpha value is -1.73. The molecule has 0 heterocycles. The predicted octanol–water partition coefficient (Wildman–Crippen LogP) is 0.704. The van der Waals surface area contributed by atoms with Crippen LogP contribution >= 0.6 is 0 Å². The standard InChI is InChI=1S/C9H10O2.H2N2O2S/c1-7-3-5-8(6-4-7)9(10)11-2;1-2-5(3)4/h3-6H,1-2H3;1H2. The molecule has 0 spiro atoms. The average Bonchev–Trinajstić information content (AvgIpc) is 2.29. The van der Waals surface area contributed by atoms with Crippen LogP contribution in [0.1, 0.15) is 15.9 Å². The summed E-state index contributed by atoms with van der Waals surface area (Å²) in [7, 11) is -1.04. The first-order chi connectivity index (χ1) is 7.51. The van der Waals surface area contributed by atoms with E-state index < -0.39 is 10.5 Å². The SMILES string of the molecule is COC(=O)c1ccc(C)cc1.NN=S(=O)=O. The maximum Gasteiger partial charge on any atom is 0.337 e. The van der Waals surface area contributed by atoms with E-state index in [2.05, 4.69) is 15.1 Å². The van der Waals surface area contributed by atoms with Crippen LogP contribution < -0.4 is 5.84 Å². The van der Waals surface area contributed by atoms with Gasteiger partial charge in [-0.1, -0.05) is 22.2 Å². The monoisotopic (exact) mass is 244 g/mol. The summed E-state index contributed by atoms with van der Waals surface area (Å²) >= 11 is 0. The van der Waals surface area contributed by atoms with Crippen LogP contribution in [0, 0.1) is 6.92 Å². The van der Waals surface area contributed by atoms with Crippen LogP contribution in [0.4, 0.5) is 0 Å². The Kier molecular flexibility index (Phi) is 6.73. The summed E-state index contributed by atoms with van der Waals surface area (Å²) in [6, 6.07) is 7.26. The summed E-state index contributed by atoms with van der Waals surface area (Å²) in [5, 5.41) is 0. The van der Waals surface area contributed by atoms with Crippen molar-refractivity contribution in [3.05, 3.63) is 35.4 Å². The number of carbonyl (C=O) groups is 1. The van der Waals surface area contributed by atoms with E-state index in [1.165, 1.54) is 7.11 Å². The van der Waals surface area contributed by atoms with E-state index in [1.807, 2.05) is 19.1 Å². The zero-order valence-electron chi connectivity index (χ0n) is 8.88. The maximum absolute atomic E-state index is 10.9. The fourth-order valence-corrected chi connectivity index (χ4v) is 0.807. The zero-order valence-corrected chi connectivity index (χ0v) is 9.69. The number of rotatable bonds is 1. The molecule has 0 amide bonds. The normalized spacial score (nSPS) is 8.44. The molecular formula is C9H12N2O4S. The highest BCUT2D eigenvalue weighted by molar-refractivity contribution is 7.61. The number of aryl methyl sites for hydroxylation is 1. The molecule has 0 aliphatic heterocycles. The number of hydrogen-bond donors (Lipinski definition) is 1. The van der Waals surface area contributed by atoms with Crippen molar-refractivity contribution in [1.82, 2.24) is 0 Å². The Balaban J connectivity index is 0.000000385. The van der Waals surface area contributed by atoms with Gasteiger partial charge in [0.15, 0.2) is 0 Å². The highest BCUT2D eigenvalue weighted by Crippen LogP contribution is 2.03. The number of nitrogens with zero attached hydrogens (tertiary/aromatic N) is 1. The van der Waals surface area contributed by atoms with E-state index in [9.17, 15) is 4.79 Å². The second kappa shape index (κ2) is 7.55. The molecule has 7 heteroatoms. The molecule has 0 atom stereocenters. The van der Waals surface area contributed by atoms with E-state index in [0.717, 1.165) is 5.56 Å². The van der Waals surface area contributed by atoms with E-state index in [-0.39, 0.29) is 5.97 Å². The van der Waals surface area contributed by atoms with Crippen LogP contribution in [0.5, 0.6) is 0 Å². The third kappa shape index (κ3) is 5.89. The highest BCUT2D eigenvalue weighted by atomic mass is 32.2. The van der Waals surface area contributed by atoms with E-state index in [0.29, 0.717) is 5.56 Å². The van der Waals surface area contributed by atoms with E-state index in [4.69, 9.17) is 8.42 Å². The lowest BCUT2D eigenvalue weighted by molar-refractivity contribution is 0.0600. The minimum Gasteiger partial charge on any atom is -0.465 e. The molecule has 0 aliphatic carbocycles. The van der Waals surface area contributed by atoms with Gasteiger partial charge in [0.05, 0.1) is 12.7 Å². The van der Waals surface area contributed by atoms with Crippen molar-refractivity contribution in [2.45, 2.75) is 6.92 Å². The second-order valence-electron chi connectivity index (χ2n) is 2.68. The van der Waals surface area contributed by atoms with Crippen LogP contribution in [0.25, 0.3) is 0 Å². The molecule has 1 aromatic carbocycles. The summed E-state index contributed by atoms with van der Waals surface area (Å²) in [5.41, 5.74) is 1.73. The molecule has 0 bridgehead atoms. The lowest BCUT2D eigenvalue weighted by Crippen LogP contribution is -2.00. The van der Waals surface area contributed by atoms with Gasteiger partial charge in [-0.05, 0) is 19.1 Å². The summed E-state index contributed by atoms with van der Waals surface area (Å²) < 4.78 is 25.0. The number of methoxy groups -OCH3 is 1. The number of nitrogens with two attached hydrogens (primary N) is 1. The lowest BCUT2D eigenvalue weighted by atomic mass is 10.2. The molecule has 0 fully saturated rings. The van der Waals surface area contributed by atoms with Crippen LogP contribution in [0.15, 0.2) is 28.7 Å². The van der Waals surface area contributed by atoms with Gasteiger partial charge >= 0.3 is 16.5 Å². The molecule has 1 aromatic rings. The molecule has 0 aromatic heterocycles. The summed E-state index contributed by atoms with van der Waals surface area (Å²) in [4.78, 5) is 10.9. The Labute approximate surface area is 94.7 Å². The maximum atomic E-state index is 10.9. The van der Waals surface area contributed by atoms with Crippen molar-refractivity contribution in [1.29, 1.82) is 0 Å². The van der Waals surface area contributed by atoms with Crippen molar-refractivity contribution < 1.29 is 17.9 Å². The number of esters is 1. The number of benzene rings is 1. The lowest BCUT2D eigenvalue weighted by Gasteiger charge is -1.97. The van der Waals surface area contributed by atoms with Crippen LogP contribution in [0.2, 0.25) is 0 Å². The zero-order chi connectivity index (χ0) is 12.6. The average molecular weight is 244 g/mol. The molecule has 0 saturated carbocycles. The Bertz CT molecular complexity index is 457. The fraction of sp³-hybridized carbons (Fsp3) is 0.222. The Morgan fingerprint density at radius 2 is 1.75 bits per heavy atom. The van der Waals surface area contributed by atoms with Crippen LogP contribution in [-0.4, -0.2) is 21.5 Å². The van der Waals surface area contributed by atoms with Gasteiger partial charge in [0.25, 0.3) is 0 Å². The molecule has 1 rings (SSSR count). The summed E-state index contributed by atoms with van der Waals surface area (Å²) in [5.74, 6) is 3.90. The molecule has 0 radical (unpaired) electrons. The summed E-state index contributed by atoms with van der Waals surface area (Å²) in [6.07, 6.45) is 0. The number of carbonyl (C=O) groups excluding carboxylic acids is 1. The topological polar surface area (TPSA) is 98.8 Å². The molecule has 2 N–H and O–H groups in total. The van der Waals surface area contributed by atoms with Gasteiger partial charge in [-0.25, -0.2) is 10.6 Å². The first-order valence-electron chi connectivity index (χ1n) is 4.16. The van der Waals surface area contributed by atoms with E-state index >= 15 is 0 Å². The first kappa shape index (κ1) is 14.3. The number of hydrogen-bond acceptors (Lipinski definition) is 5. The van der Waals surface area contributed by atoms with Crippen molar-refractivity contribution in [2.75, 3.05) is 7.11 Å². The third-order valence-corrected chi connectivity index (χ3v) is 1.73. The van der Waals surface area contributed by atoms with Crippen LogP contribution in [0.3, 0.4) is 0 Å². The van der Waals surface area contributed by atoms with Gasteiger partial charge in [-0.3, -0.25) is 0 Å². The van der Waals surface area contributed by atoms with Gasteiger partial charge in [-0.15, -0.1) is 0 Å². The molecule has 0 unspecified atom stereocenters. The van der Waals surface area contributed by atoms with Gasteiger partial charge in [0, 0.05) is 0 Å². The highest BCUT2D eigenvalue weighted by Gasteiger charge is 2.01. The van der Waals surface area contributed by atoms with Gasteiger partial charge in [-0.2, -0.15) is 8.42 Å². The first-order valence-corrected chi connectivity index (χ1v) is 5.19. The van der Waals surface area contributed by atoms with Crippen molar-refractivity contribution in [2.24, 2.45) is 10.3 Å². The molecule has 0 aliphatic rings. The smallest absolute Gasteiger partial charge is 0.337 e. The molecular weight excluding hydrogens is 232 g/mol. The minimum atomic E-state index is -2.42. The van der Waals surface area contributed by atoms with Gasteiger partial charge in [0.1, 0.15) is 0 Å². The largest absolute Gasteiger partial charge is 0.465 e. The third-order valence-electron chi connectivity index (χ3n) is 1.56. The van der Waals surface area contributed by atoms with Gasteiger partial charge in [0.2, 0.25) is 0 Å². The Morgan fingerprint density at radius 1 is 1.31 bits per heavy atom. The number of ether oxygens (including phenoxy) is 1. The van der Waals surface area contributed by atoms with Crippen molar-refractivity contribution in [3.8, 4) is 0 Å². The van der Waals surface area contributed by atoms with Crippen molar-refractivity contribution in [3.63, 3.8) is 0 Å². The predicted molar refractivity (Wildman–Crippen MR) is 58.1 cm³/mol. The quantitative estimate of drug-likeness (QED) is 0.445. The van der Waals surface area contributed by atoms with Crippen LogP contribution in [-0.2, 0) is 15.2 Å². The van der Waals surface area contributed by atoms with Crippen molar-refractivity contribution >= 4 is 16.5 Å². The Morgan fingerprint density at radius 3 is 2.06 bits per heavy atom. The minimum absolute atomic E-state index is 0.287. The molecule has 6 nitrogen and oxygen atoms in total. The fourth-order valence-electron chi connectivity index (χ4n) is 0.807. The summed E-state index contributed by atoms with van der Waals surface area (Å²) in [6.45, 7) is 1.97. The van der Waals surface area contributed by atoms with E-state index in [1.54, 1.807) is 12.1 Å². The molecule has 16 heavy (non-hydrogen) atoms.